The fraction of sp³-hybridized carbons (Fsp3) is 0.364. The minimum Gasteiger partial charge on any atom is -0.478 e. The van der Waals surface area contributed by atoms with Crippen molar-refractivity contribution in [2.75, 3.05) is 6.54 Å². The average molecular weight is 309 g/mol. The maximum absolute atomic E-state index is 12.1. The third kappa shape index (κ3) is 3.71. The molecule has 0 radical (unpaired) electrons. The van der Waals surface area contributed by atoms with Gasteiger partial charge in [-0.2, -0.15) is 0 Å². The van der Waals surface area contributed by atoms with Gasteiger partial charge in [-0.1, -0.05) is 6.07 Å². The average Bonchev–Trinajstić information content (AvgIpc) is 2.35. The molecule has 0 heterocycles. The predicted octanol–water partition coefficient (Wildman–Crippen LogP) is 0.598. The van der Waals surface area contributed by atoms with Gasteiger partial charge >= 0.3 is 5.97 Å². The molecule has 0 aliphatic rings. The number of aliphatic hydroxyl groups is 1. The van der Waals surface area contributed by atoms with Gasteiger partial charge in [0.25, 0.3) is 6.43 Å². The molecule has 0 spiro atoms. The lowest BCUT2D eigenvalue weighted by atomic mass is 10.1. The molecule has 0 aliphatic carbocycles. The minimum atomic E-state index is -4.18. The molecule has 0 saturated heterocycles. The molecule has 1 atom stereocenters. The van der Waals surface area contributed by atoms with E-state index >= 15 is 0 Å². The molecule has 1 rings (SSSR count). The first-order valence-corrected chi connectivity index (χ1v) is 6.94. The summed E-state index contributed by atoms with van der Waals surface area (Å²) < 4.78 is 49.8. The molecular weight excluding hydrogens is 296 g/mol. The Bertz CT molecular complexity index is 603. The molecule has 0 aromatic heterocycles. The summed E-state index contributed by atoms with van der Waals surface area (Å²) in [6, 6.07) is 3.61. The van der Waals surface area contributed by atoms with Crippen molar-refractivity contribution >= 4 is 16.0 Å². The van der Waals surface area contributed by atoms with Crippen LogP contribution in [0.4, 0.5) is 8.78 Å². The second kappa shape index (κ2) is 6.25. The smallest absolute Gasteiger partial charge is 0.335 e. The molecule has 0 saturated carbocycles. The molecule has 1 aromatic carbocycles. The van der Waals surface area contributed by atoms with E-state index in [-0.39, 0.29) is 16.0 Å². The molecular formula is C11H13F2NO5S. The molecule has 20 heavy (non-hydrogen) atoms. The lowest BCUT2D eigenvalue weighted by molar-refractivity contribution is -0.000452. The van der Waals surface area contributed by atoms with Crippen LogP contribution in [0.1, 0.15) is 15.9 Å². The highest BCUT2D eigenvalue weighted by Crippen LogP contribution is 2.19. The molecule has 0 bridgehead atoms. The quantitative estimate of drug-likeness (QED) is 0.714. The monoisotopic (exact) mass is 309 g/mol. The van der Waals surface area contributed by atoms with E-state index in [0.29, 0.717) is 0 Å². The Morgan fingerprint density at radius 3 is 2.50 bits per heavy atom. The molecule has 1 aromatic rings. The number of nitrogens with one attached hydrogen (secondary N) is 1. The van der Waals surface area contributed by atoms with E-state index in [4.69, 9.17) is 10.2 Å². The van der Waals surface area contributed by atoms with Gasteiger partial charge in [-0.3, -0.25) is 0 Å². The summed E-state index contributed by atoms with van der Waals surface area (Å²) in [6.07, 6.45) is -5.21. The van der Waals surface area contributed by atoms with Crippen molar-refractivity contribution in [3.05, 3.63) is 29.3 Å². The Labute approximate surface area is 114 Å². The maximum Gasteiger partial charge on any atom is 0.335 e. The predicted molar refractivity (Wildman–Crippen MR) is 65.3 cm³/mol. The first kappa shape index (κ1) is 16.5. The topological polar surface area (TPSA) is 104 Å². The number of halogens is 2. The minimum absolute atomic E-state index is 0.0148. The number of hydrogen-bond acceptors (Lipinski definition) is 4. The van der Waals surface area contributed by atoms with Crippen LogP contribution in [0.25, 0.3) is 0 Å². The van der Waals surface area contributed by atoms with Crippen LogP contribution >= 0.6 is 0 Å². The Hall–Kier alpha value is -1.58. The highest BCUT2D eigenvalue weighted by Gasteiger charge is 2.24. The largest absolute Gasteiger partial charge is 0.478 e. The summed E-state index contributed by atoms with van der Waals surface area (Å²) in [6.45, 7) is 0.429. The maximum atomic E-state index is 12.1. The lowest BCUT2D eigenvalue weighted by Crippen LogP contribution is -2.36. The van der Waals surface area contributed by atoms with E-state index in [2.05, 4.69) is 0 Å². The van der Waals surface area contributed by atoms with E-state index in [0.717, 1.165) is 6.07 Å². The number of carboxylic acid groups (broad SMARTS) is 1. The van der Waals surface area contributed by atoms with Crippen LogP contribution in [-0.4, -0.2) is 43.7 Å². The molecule has 1 unspecified atom stereocenters. The number of benzene rings is 1. The van der Waals surface area contributed by atoms with Gasteiger partial charge in [0.05, 0.1) is 10.5 Å². The first-order chi connectivity index (χ1) is 9.16. The zero-order valence-electron chi connectivity index (χ0n) is 10.4. The van der Waals surface area contributed by atoms with Crippen LogP contribution in [0.3, 0.4) is 0 Å². The molecule has 0 aliphatic heterocycles. The number of alkyl halides is 2. The zero-order valence-corrected chi connectivity index (χ0v) is 11.2. The molecule has 112 valence electrons. The Balaban J connectivity index is 3.05. The molecule has 9 heteroatoms. The van der Waals surface area contributed by atoms with E-state index in [1.54, 1.807) is 0 Å². The van der Waals surface area contributed by atoms with E-state index in [1.165, 1.54) is 19.1 Å². The highest BCUT2D eigenvalue weighted by molar-refractivity contribution is 7.89. The number of carboxylic acids is 1. The van der Waals surface area contributed by atoms with Crippen molar-refractivity contribution in [3.63, 3.8) is 0 Å². The van der Waals surface area contributed by atoms with Gasteiger partial charge in [-0.05, 0) is 24.6 Å². The fourth-order valence-corrected chi connectivity index (χ4v) is 2.82. The van der Waals surface area contributed by atoms with E-state index < -0.39 is 35.1 Å². The Kier molecular flexibility index (Phi) is 5.15. The van der Waals surface area contributed by atoms with Crippen molar-refractivity contribution in [1.82, 2.24) is 4.72 Å². The Morgan fingerprint density at radius 2 is 2.00 bits per heavy atom. The second-order valence-corrected chi connectivity index (χ2v) is 5.72. The van der Waals surface area contributed by atoms with Crippen molar-refractivity contribution < 1.29 is 32.2 Å². The number of sulfonamides is 1. The summed E-state index contributed by atoms with van der Waals surface area (Å²) in [7, 11) is -4.18. The van der Waals surface area contributed by atoms with Crippen molar-refractivity contribution in [3.8, 4) is 0 Å². The van der Waals surface area contributed by atoms with Crippen molar-refractivity contribution in [2.45, 2.75) is 24.3 Å². The number of carbonyl (C=O) groups is 1. The normalized spacial score (nSPS) is 13.4. The Morgan fingerprint density at radius 1 is 1.40 bits per heavy atom. The standard InChI is InChI=1S/C11H13F2NO5S/c1-6-7(11(16)17)3-2-4-9(6)20(18,19)14-5-8(15)10(12)13/h2-4,8,10,14-15H,5H2,1H3,(H,16,17). The molecule has 0 fully saturated rings. The van der Waals surface area contributed by atoms with Gasteiger partial charge in [-0.15, -0.1) is 0 Å². The summed E-state index contributed by atoms with van der Waals surface area (Å²) in [4.78, 5) is 10.6. The van der Waals surface area contributed by atoms with Gasteiger partial charge < -0.3 is 10.2 Å². The summed E-state index contributed by atoms with van der Waals surface area (Å²) in [5.41, 5.74) is -0.221. The number of rotatable bonds is 6. The van der Waals surface area contributed by atoms with E-state index in [1.807, 2.05) is 4.72 Å². The summed E-state index contributed by atoms with van der Waals surface area (Å²) in [5.74, 6) is -1.30. The lowest BCUT2D eigenvalue weighted by Gasteiger charge is -2.13. The second-order valence-electron chi connectivity index (χ2n) is 3.99. The fourth-order valence-electron chi connectivity index (χ4n) is 1.50. The zero-order chi connectivity index (χ0) is 15.5. The third-order valence-corrected chi connectivity index (χ3v) is 4.15. The number of hydrogen-bond donors (Lipinski definition) is 3. The molecule has 0 amide bonds. The van der Waals surface area contributed by atoms with Gasteiger partial charge in [-0.25, -0.2) is 26.7 Å². The van der Waals surface area contributed by atoms with Crippen LogP contribution in [0.5, 0.6) is 0 Å². The van der Waals surface area contributed by atoms with Gasteiger partial charge in [0.15, 0.2) is 0 Å². The highest BCUT2D eigenvalue weighted by atomic mass is 32.2. The van der Waals surface area contributed by atoms with Crippen molar-refractivity contribution in [2.24, 2.45) is 0 Å². The number of aliphatic hydroxyl groups excluding tert-OH is 1. The molecule has 6 nitrogen and oxygen atoms in total. The van der Waals surface area contributed by atoms with Gasteiger partial charge in [0.1, 0.15) is 6.10 Å². The van der Waals surface area contributed by atoms with Gasteiger partial charge in [0, 0.05) is 6.54 Å². The van der Waals surface area contributed by atoms with Crippen LogP contribution in [-0.2, 0) is 10.0 Å². The summed E-state index contributed by atoms with van der Waals surface area (Å²) in [5, 5.41) is 17.8. The van der Waals surface area contributed by atoms with E-state index in [9.17, 15) is 22.0 Å². The van der Waals surface area contributed by atoms with Crippen LogP contribution in [0.2, 0.25) is 0 Å². The summed E-state index contributed by atoms with van der Waals surface area (Å²) >= 11 is 0. The van der Waals surface area contributed by atoms with Crippen LogP contribution in [0.15, 0.2) is 23.1 Å². The third-order valence-electron chi connectivity index (χ3n) is 2.58. The SMILES string of the molecule is Cc1c(C(=O)O)cccc1S(=O)(=O)NCC(O)C(F)F. The number of aromatic carboxylic acids is 1. The first-order valence-electron chi connectivity index (χ1n) is 5.45. The van der Waals surface area contributed by atoms with Crippen molar-refractivity contribution in [1.29, 1.82) is 0 Å². The van der Waals surface area contributed by atoms with Crippen LogP contribution < -0.4 is 4.72 Å². The van der Waals surface area contributed by atoms with Gasteiger partial charge in [0.2, 0.25) is 10.0 Å². The van der Waals surface area contributed by atoms with Crippen LogP contribution in [0, 0.1) is 6.92 Å². The molecule has 3 N–H and O–H groups in total.